The zero-order valence-electron chi connectivity index (χ0n) is 12.9. The molecule has 2 atom stereocenters. The van der Waals surface area contributed by atoms with E-state index in [4.69, 9.17) is 0 Å². The van der Waals surface area contributed by atoms with E-state index in [1.807, 2.05) is 30.3 Å². The van der Waals surface area contributed by atoms with Crippen LogP contribution in [0, 0.1) is 17.8 Å². The minimum atomic E-state index is -4.39. The van der Waals surface area contributed by atoms with Crippen molar-refractivity contribution in [3.05, 3.63) is 71.3 Å². The van der Waals surface area contributed by atoms with Gasteiger partial charge in [0.2, 0.25) is 0 Å². The van der Waals surface area contributed by atoms with Gasteiger partial charge in [0.15, 0.2) is 0 Å². The van der Waals surface area contributed by atoms with Crippen molar-refractivity contribution in [3.63, 3.8) is 0 Å². The number of aliphatic hydroxyl groups is 1. The van der Waals surface area contributed by atoms with Gasteiger partial charge in [-0.05, 0) is 43.7 Å². The molecule has 0 saturated heterocycles. The Labute approximate surface area is 133 Å². The monoisotopic (exact) mass is 318 g/mol. The fourth-order valence-corrected chi connectivity index (χ4v) is 2.10. The van der Waals surface area contributed by atoms with Crippen LogP contribution in [0.4, 0.5) is 13.2 Å². The Morgan fingerprint density at radius 3 is 1.96 bits per heavy atom. The Morgan fingerprint density at radius 2 is 1.43 bits per heavy atom. The van der Waals surface area contributed by atoms with E-state index in [0.717, 1.165) is 17.7 Å². The summed E-state index contributed by atoms with van der Waals surface area (Å²) in [6.07, 6.45) is -4.39. The Morgan fingerprint density at radius 1 is 0.913 bits per heavy atom. The molecule has 0 amide bonds. The van der Waals surface area contributed by atoms with Crippen LogP contribution in [0.15, 0.2) is 54.6 Å². The third kappa shape index (κ3) is 4.14. The van der Waals surface area contributed by atoms with E-state index in [-0.39, 0.29) is 0 Å². The summed E-state index contributed by atoms with van der Waals surface area (Å²) in [7, 11) is 0. The zero-order valence-corrected chi connectivity index (χ0v) is 12.9. The van der Waals surface area contributed by atoms with E-state index in [0.29, 0.717) is 5.56 Å². The van der Waals surface area contributed by atoms with Crippen molar-refractivity contribution < 1.29 is 18.3 Å². The second-order valence-electron chi connectivity index (χ2n) is 5.58. The van der Waals surface area contributed by atoms with Gasteiger partial charge in [0, 0.05) is 5.56 Å². The summed E-state index contributed by atoms with van der Waals surface area (Å²) in [6, 6.07) is 13.9. The molecular weight excluding hydrogens is 301 g/mol. The van der Waals surface area contributed by atoms with Crippen molar-refractivity contribution >= 4 is 0 Å². The van der Waals surface area contributed by atoms with Crippen molar-refractivity contribution in [3.8, 4) is 11.8 Å². The molecule has 0 heterocycles. The molecule has 120 valence electrons. The highest BCUT2D eigenvalue weighted by atomic mass is 19.4. The molecule has 0 unspecified atom stereocenters. The highest BCUT2D eigenvalue weighted by Gasteiger charge is 2.33. The standard InChI is InChI=1S/C19H17F3O/c1-14(8-9-15-6-4-3-5-7-15)18(2,23)16-10-12-17(13-11-16)19(20,21)22/h3-7,10-14,23H,1-2H3/t14-,18+/m0/s1. The second kappa shape index (κ2) is 6.47. The number of alkyl halides is 3. The van der Waals surface area contributed by atoms with Gasteiger partial charge in [-0.25, -0.2) is 0 Å². The van der Waals surface area contributed by atoms with E-state index in [1.54, 1.807) is 13.8 Å². The van der Waals surface area contributed by atoms with Gasteiger partial charge in [-0.2, -0.15) is 13.2 Å². The normalized spacial score (nSPS) is 15.2. The largest absolute Gasteiger partial charge is 0.416 e. The molecule has 1 N–H and O–H groups in total. The third-order valence-electron chi connectivity index (χ3n) is 3.85. The van der Waals surface area contributed by atoms with Gasteiger partial charge in [-0.15, -0.1) is 0 Å². The molecule has 2 aromatic rings. The predicted molar refractivity (Wildman–Crippen MR) is 83.5 cm³/mol. The predicted octanol–water partition coefficient (Wildman–Crippen LogP) is 4.60. The van der Waals surface area contributed by atoms with Crippen LogP contribution < -0.4 is 0 Å². The van der Waals surface area contributed by atoms with Gasteiger partial charge < -0.3 is 5.11 Å². The molecule has 0 saturated carbocycles. The molecule has 4 heteroatoms. The summed E-state index contributed by atoms with van der Waals surface area (Å²) in [5.41, 5.74) is -0.852. The average molecular weight is 318 g/mol. The van der Waals surface area contributed by atoms with E-state index in [2.05, 4.69) is 11.8 Å². The van der Waals surface area contributed by atoms with Crippen LogP contribution in [0.25, 0.3) is 0 Å². The third-order valence-corrected chi connectivity index (χ3v) is 3.85. The minimum absolute atomic E-state index is 0.403. The van der Waals surface area contributed by atoms with Crippen LogP contribution in [-0.2, 0) is 11.8 Å². The quantitative estimate of drug-likeness (QED) is 0.802. The lowest BCUT2D eigenvalue weighted by atomic mass is 9.84. The Kier molecular flexibility index (Phi) is 4.82. The fourth-order valence-electron chi connectivity index (χ4n) is 2.10. The first-order valence-electron chi connectivity index (χ1n) is 7.18. The summed E-state index contributed by atoms with van der Waals surface area (Å²) in [5.74, 6) is 5.48. The van der Waals surface area contributed by atoms with Gasteiger partial charge in [0.1, 0.15) is 5.60 Å². The van der Waals surface area contributed by atoms with Crippen molar-refractivity contribution in [2.24, 2.45) is 5.92 Å². The van der Waals surface area contributed by atoms with Gasteiger partial charge in [-0.1, -0.05) is 42.2 Å². The smallest absolute Gasteiger partial charge is 0.384 e. The molecule has 0 spiro atoms. The van der Waals surface area contributed by atoms with E-state index < -0.39 is 23.3 Å². The highest BCUT2D eigenvalue weighted by Crippen LogP contribution is 2.33. The number of halogens is 3. The zero-order chi connectivity index (χ0) is 17.1. The van der Waals surface area contributed by atoms with Gasteiger partial charge in [-0.3, -0.25) is 0 Å². The summed E-state index contributed by atoms with van der Waals surface area (Å²) in [5, 5.41) is 10.6. The van der Waals surface area contributed by atoms with Crippen LogP contribution in [-0.4, -0.2) is 5.11 Å². The fraction of sp³-hybridized carbons (Fsp3) is 0.263. The van der Waals surface area contributed by atoms with Gasteiger partial charge in [0.25, 0.3) is 0 Å². The maximum absolute atomic E-state index is 12.6. The lowest BCUT2D eigenvalue weighted by Crippen LogP contribution is -2.29. The minimum Gasteiger partial charge on any atom is -0.384 e. The molecule has 23 heavy (non-hydrogen) atoms. The first-order valence-corrected chi connectivity index (χ1v) is 7.18. The van der Waals surface area contributed by atoms with Crippen molar-refractivity contribution in [1.82, 2.24) is 0 Å². The molecule has 0 aromatic heterocycles. The molecule has 0 aliphatic rings. The lowest BCUT2D eigenvalue weighted by molar-refractivity contribution is -0.137. The number of hydrogen-bond acceptors (Lipinski definition) is 1. The van der Waals surface area contributed by atoms with Crippen LogP contribution >= 0.6 is 0 Å². The average Bonchev–Trinajstić information content (AvgIpc) is 2.52. The van der Waals surface area contributed by atoms with Crippen molar-refractivity contribution in [2.75, 3.05) is 0 Å². The maximum Gasteiger partial charge on any atom is 0.416 e. The van der Waals surface area contributed by atoms with Crippen LogP contribution in [0.3, 0.4) is 0 Å². The highest BCUT2D eigenvalue weighted by molar-refractivity contribution is 5.36. The van der Waals surface area contributed by atoms with Crippen LogP contribution in [0.1, 0.15) is 30.5 Å². The van der Waals surface area contributed by atoms with Gasteiger partial charge in [0.05, 0.1) is 11.5 Å². The molecule has 2 aromatic carbocycles. The summed E-state index contributed by atoms with van der Waals surface area (Å²) < 4.78 is 37.8. The molecule has 0 fully saturated rings. The van der Waals surface area contributed by atoms with E-state index >= 15 is 0 Å². The first-order chi connectivity index (χ1) is 10.7. The SMILES string of the molecule is C[C@@H](C#Cc1ccccc1)[C@@](C)(O)c1ccc(C(F)(F)F)cc1. The van der Waals surface area contributed by atoms with E-state index in [9.17, 15) is 18.3 Å². The van der Waals surface area contributed by atoms with Gasteiger partial charge >= 0.3 is 6.18 Å². The Bertz CT molecular complexity index is 704. The molecule has 2 rings (SSSR count). The number of rotatable bonds is 2. The van der Waals surface area contributed by atoms with E-state index in [1.165, 1.54) is 12.1 Å². The second-order valence-corrected chi connectivity index (χ2v) is 5.58. The molecular formula is C19H17F3O. The van der Waals surface area contributed by atoms with Crippen molar-refractivity contribution in [1.29, 1.82) is 0 Å². The first kappa shape index (κ1) is 17.1. The maximum atomic E-state index is 12.6. The topological polar surface area (TPSA) is 20.2 Å². The van der Waals surface area contributed by atoms with Crippen molar-refractivity contribution in [2.45, 2.75) is 25.6 Å². The molecule has 0 aliphatic carbocycles. The van der Waals surface area contributed by atoms with Crippen LogP contribution in [0.5, 0.6) is 0 Å². The summed E-state index contributed by atoms with van der Waals surface area (Å²) >= 11 is 0. The number of hydrogen-bond donors (Lipinski definition) is 1. The summed E-state index contributed by atoms with van der Waals surface area (Å²) in [6.45, 7) is 3.30. The molecule has 0 radical (unpaired) electrons. The molecule has 0 bridgehead atoms. The Hall–Kier alpha value is -2.25. The number of benzene rings is 2. The molecule has 1 nitrogen and oxygen atoms in total. The van der Waals surface area contributed by atoms with Crippen LogP contribution in [0.2, 0.25) is 0 Å². The molecule has 0 aliphatic heterocycles. The summed E-state index contributed by atoms with van der Waals surface area (Å²) in [4.78, 5) is 0. The Balaban J connectivity index is 2.22. The lowest BCUT2D eigenvalue weighted by Gasteiger charge is -2.27.